The fourth-order valence-corrected chi connectivity index (χ4v) is 4.35. The third kappa shape index (κ3) is 3.21. The average Bonchev–Trinajstić information content (AvgIpc) is 3.12. The molecular weight excluding hydrogens is 358 g/mol. The lowest BCUT2D eigenvalue weighted by atomic mass is 9.98. The minimum Gasteiger partial charge on any atom is -0.338 e. The summed E-state index contributed by atoms with van der Waals surface area (Å²) in [5.41, 5.74) is 2.65. The van der Waals surface area contributed by atoms with Crippen molar-refractivity contribution < 1.29 is 9.59 Å². The van der Waals surface area contributed by atoms with Gasteiger partial charge >= 0.3 is 0 Å². The van der Waals surface area contributed by atoms with Crippen molar-refractivity contribution in [2.45, 2.75) is 65.0 Å². The Morgan fingerprint density at radius 2 is 2.11 bits per heavy atom. The van der Waals surface area contributed by atoms with Gasteiger partial charge in [0.15, 0.2) is 5.65 Å². The van der Waals surface area contributed by atoms with E-state index in [4.69, 9.17) is 0 Å². The van der Waals surface area contributed by atoms with Gasteiger partial charge in [-0.15, -0.1) is 0 Å². The summed E-state index contributed by atoms with van der Waals surface area (Å²) in [5.74, 6) is 0.136. The van der Waals surface area contributed by atoms with Crippen LogP contribution in [0.15, 0.2) is 10.9 Å². The molecule has 2 aromatic rings. The zero-order valence-electron chi connectivity index (χ0n) is 16.5. The van der Waals surface area contributed by atoms with E-state index in [2.05, 4.69) is 10.1 Å². The van der Waals surface area contributed by atoms with Crippen LogP contribution in [0.4, 0.5) is 0 Å². The largest absolute Gasteiger partial charge is 0.338 e. The second kappa shape index (κ2) is 7.41. The summed E-state index contributed by atoms with van der Waals surface area (Å²) < 4.78 is 1.47. The number of amides is 2. The van der Waals surface area contributed by atoms with Crippen molar-refractivity contribution >= 4 is 17.5 Å². The van der Waals surface area contributed by atoms with E-state index in [1.165, 1.54) is 11.4 Å². The van der Waals surface area contributed by atoms with E-state index in [1.54, 1.807) is 4.90 Å². The molecule has 1 saturated heterocycles. The van der Waals surface area contributed by atoms with Gasteiger partial charge in [-0.1, -0.05) is 6.92 Å². The van der Waals surface area contributed by atoms with Crippen LogP contribution in [0, 0.1) is 0 Å². The first kappa shape index (κ1) is 18.7. The summed E-state index contributed by atoms with van der Waals surface area (Å²) in [4.78, 5) is 45.6. The van der Waals surface area contributed by atoms with Crippen molar-refractivity contribution in [3.8, 4) is 0 Å². The van der Waals surface area contributed by atoms with Gasteiger partial charge in [-0.25, -0.2) is 9.50 Å². The smallest absolute Gasteiger partial charge is 0.277 e. The Kier molecular flexibility index (Phi) is 4.95. The second-order valence-electron chi connectivity index (χ2n) is 7.79. The van der Waals surface area contributed by atoms with Gasteiger partial charge in [-0.2, -0.15) is 0 Å². The first-order valence-electron chi connectivity index (χ1n) is 10.2. The number of hydrogen-bond donors (Lipinski definition) is 1. The number of hydrogen-bond acceptors (Lipinski definition) is 4. The van der Waals surface area contributed by atoms with E-state index < -0.39 is 0 Å². The van der Waals surface area contributed by atoms with Crippen LogP contribution >= 0.6 is 0 Å². The molecule has 4 rings (SSSR count). The Balaban J connectivity index is 1.72. The Labute approximate surface area is 163 Å². The molecule has 8 nitrogen and oxygen atoms in total. The number of carbonyl (C=O) groups excluding carboxylic acids is 2. The van der Waals surface area contributed by atoms with Gasteiger partial charge in [0.2, 0.25) is 11.8 Å². The molecule has 0 aromatic carbocycles. The highest BCUT2D eigenvalue weighted by Crippen LogP contribution is 2.31. The number of aromatic amines is 1. The highest BCUT2D eigenvalue weighted by Gasteiger charge is 2.30. The Hall–Kier alpha value is -2.64. The van der Waals surface area contributed by atoms with Crippen LogP contribution in [0.2, 0.25) is 0 Å². The topological polar surface area (TPSA) is 90.8 Å². The molecule has 8 heteroatoms. The standard InChI is InChI=1S/C20H27N5O3/c1-3-6-19(27)24-9-5-4-7-17(24)16-11-18-21-15-8-10-23(13(2)26)12-14(15)20(28)25(18)22-16/h11,17,22H,3-10,12H2,1-2H3/t17-/m1/s1. The lowest BCUT2D eigenvalue weighted by Crippen LogP contribution is -2.39. The number of nitrogens with zero attached hydrogens (tertiary/aromatic N) is 4. The predicted molar refractivity (Wildman–Crippen MR) is 104 cm³/mol. The van der Waals surface area contributed by atoms with E-state index in [0.29, 0.717) is 37.1 Å². The van der Waals surface area contributed by atoms with E-state index in [0.717, 1.165) is 43.6 Å². The molecule has 1 atom stereocenters. The highest BCUT2D eigenvalue weighted by molar-refractivity contribution is 5.76. The van der Waals surface area contributed by atoms with E-state index in [1.807, 2.05) is 17.9 Å². The Morgan fingerprint density at radius 1 is 1.29 bits per heavy atom. The molecule has 1 N–H and O–H groups in total. The fourth-order valence-electron chi connectivity index (χ4n) is 4.35. The molecule has 1 fully saturated rings. The van der Waals surface area contributed by atoms with Gasteiger partial charge in [-0.3, -0.25) is 19.5 Å². The van der Waals surface area contributed by atoms with Gasteiger partial charge in [0, 0.05) is 38.9 Å². The SMILES string of the molecule is CCCC(=O)N1CCCC[C@@H]1c1cc2nc3c(c(=O)n2[nH]1)CN(C(C)=O)CC3. The van der Waals surface area contributed by atoms with Crippen molar-refractivity contribution in [3.05, 3.63) is 33.4 Å². The minimum atomic E-state index is -0.153. The maximum Gasteiger partial charge on any atom is 0.277 e. The molecule has 2 amide bonds. The molecule has 0 saturated carbocycles. The van der Waals surface area contributed by atoms with Crippen LogP contribution in [0.25, 0.3) is 5.65 Å². The van der Waals surface area contributed by atoms with Crippen molar-refractivity contribution in [1.29, 1.82) is 0 Å². The summed E-state index contributed by atoms with van der Waals surface area (Å²) >= 11 is 0. The molecule has 4 heterocycles. The molecule has 0 aliphatic carbocycles. The number of piperidine rings is 1. The van der Waals surface area contributed by atoms with E-state index in [-0.39, 0.29) is 23.4 Å². The van der Waals surface area contributed by atoms with Crippen LogP contribution in [0.3, 0.4) is 0 Å². The molecule has 0 bridgehead atoms. The van der Waals surface area contributed by atoms with Crippen molar-refractivity contribution in [2.75, 3.05) is 13.1 Å². The van der Waals surface area contributed by atoms with Gasteiger partial charge in [0.1, 0.15) is 0 Å². The third-order valence-electron chi connectivity index (χ3n) is 5.87. The molecule has 28 heavy (non-hydrogen) atoms. The number of H-pyrrole nitrogens is 1. The van der Waals surface area contributed by atoms with Gasteiger partial charge in [0.25, 0.3) is 5.56 Å². The summed E-state index contributed by atoms with van der Waals surface area (Å²) in [6, 6.07) is 1.86. The average molecular weight is 385 g/mol. The number of aromatic nitrogens is 3. The normalized spacial score (nSPS) is 19.7. The molecule has 150 valence electrons. The summed E-state index contributed by atoms with van der Waals surface area (Å²) in [6.07, 6.45) is 4.92. The van der Waals surface area contributed by atoms with Crippen LogP contribution in [-0.4, -0.2) is 49.3 Å². The van der Waals surface area contributed by atoms with Crippen LogP contribution in [0.5, 0.6) is 0 Å². The monoisotopic (exact) mass is 385 g/mol. The quantitative estimate of drug-likeness (QED) is 0.872. The number of carbonyl (C=O) groups is 2. The molecule has 2 aliphatic heterocycles. The first-order valence-corrected chi connectivity index (χ1v) is 10.2. The zero-order valence-corrected chi connectivity index (χ0v) is 16.5. The lowest BCUT2D eigenvalue weighted by molar-refractivity contribution is -0.135. The third-order valence-corrected chi connectivity index (χ3v) is 5.87. The molecule has 2 aromatic heterocycles. The van der Waals surface area contributed by atoms with E-state index >= 15 is 0 Å². The number of nitrogens with one attached hydrogen (secondary N) is 1. The summed E-state index contributed by atoms with van der Waals surface area (Å²) in [5, 5.41) is 3.20. The maximum atomic E-state index is 13.0. The summed E-state index contributed by atoms with van der Waals surface area (Å²) in [7, 11) is 0. The van der Waals surface area contributed by atoms with Crippen molar-refractivity contribution in [1.82, 2.24) is 24.4 Å². The van der Waals surface area contributed by atoms with Crippen molar-refractivity contribution in [2.24, 2.45) is 0 Å². The number of likely N-dealkylation sites (tertiary alicyclic amines) is 1. The van der Waals surface area contributed by atoms with Crippen LogP contribution in [-0.2, 0) is 22.6 Å². The van der Waals surface area contributed by atoms with E-state index in [9.17, 15) is 14.4 Å². The van der Waals surface area contributed by atoms with Crippen LogP contribution in [0.1, 0.15) is 68.9 Å². The zero-order chi connectivity index (χ0) is 19.8. The fraction of sp³-hybridized carbons (Fsp3) is 0.600. The minimum absolute atomic E-state index is 0.0328. The second-order valence-corrected chi connectivity index (χ2v) is 7.79. The highest BCUT2D eigenvalue weighted by atomic mass is 16.2. The molecule has 2 aliphatic rings. The molecule has 0 unspecified atom stereocenters. The summed E-state index contributed by atoms with van der Waals surface area (Å²) in [6.45, 7) is 5.18. The Morgan fingerprint density at radius 3 is 2.86 bits per heavy atom. The van der Waals surface area contributed by atoms with Crippen molar-refractivity contribution in [3.63, 3.8) is 0 Å². The van der Waals surface area contributed by atoms with Gasteiger partial charge in [-0.05, 0) is 25.7 Å². The van der Waals surface area contributed by atoms with Gasteiger partial charge < -0.3 is 9.80 Å². The Bertz CT molecular complexity index is 976. The number of fused-ring (bicyclic) bond motifs is 2. The molecular formula is C20H27N5O3. The first-order chi connectivity index (χ1) is 13.5. The van der Waals surface area contributed by atoms with Gasteiger partial charge in [0.05, 0.1) is 29.5 Å². The molecule has 0 radical (unpaired) electrons. The lowest BCUT2D eigenvalue weighted by Gasteiger charge is -2.35. The maximum absolute atomic E-state index is 13.0. The molecule has 0 spiro atoms. The number of rotatable bonds is 3. The predicted octanol–water partition coefficient (Wildman–Crippen LogP) is 1.78. The van der Waals surface area contributed by atoms with Crippen LogP contribution < -0.4 is 5.56 Å².